The zero-order valence-electron chi connectivity index (χ0n) is 20.7. The lowest BCUT2D eigenvalue weighted by Crippen LogP contribution is -2.51. The Bertz CT molecular complexity index is 1150. The molecule has 0 aliphatic carbocycles. The van der Waals surface area contributed by atoms with Gasteiger partial charge >= 0.3 is 12.1 Å². The third-order valence-corrected chi connectivity index (χ3v) is 5.24. The van der Waals surface area contributed by atoms with Crippen LogP contribution in [0.15, 0.2) is 60.8 Å². The molecule has 0 radical (unpaired) electrons. The molecule has 1 heterocycles. The second kappa shape index (κ2) is 11.6. The van der Waals surface area contributed by atoms with Crippen LogP contribution in [0.5, 0.6) is 0 Å². The zero-order valence-corrected chi connectivity index (χ0v) is 20.7. The summed E-state index contributed by atoms with van der Waals surface area (Å²) in [5.74, 6) is -0.919. The number of hydrogen-bond donors (Lipinski definition) is 2. The Hall–Kier alpha value is -3.81. The van der Waals surface area contributed by atoms with Crippen LogP contribution in [0.25, 0.3) is 10.9 Å². The number of alkyl carbamates (subject to hydrolysis) is 1. The topological polar surface area (TPSA) is 101 Å². The second-order valence-corrected chi connectivity index (χ2v) is 9.25. The SMILES string of the molecule is CCOC(=O)CN(Cc1ccccc1)C(=O)[C@@H](Cc1c[nH]c2ccccc12)NC(=O)OC(C)(C)C. The summed E-state index contributed by atoms with van der Waals surface area (Å²) in [6.45, 7) is 7.15. The highest BCUT2D eigenvalue weighted by Gasteiger charge is 2.30. The molecular weight excluding hydrogens is 446 g/mol. The van der Waals surface area contributed by atoms with Crippen molar-refractivity contribution in [1.29, 1.82) is 0 Å². The van der Waals surface area contributed by atoms with E-state index in [9.17, 15) is 14.4 Å². The van der Waals surface area contributed by atoms with Gasteiger partial charge in [-0.15, -0.1) is 0 Å². The summed E-state index contributed by atoms with van der Waals surface area (Å²) < 4.78 is 10.5. The predicted molar refractivity (Wildman–Crippen MR) is 134 cm³/mol. The Balaban J connectivity index is 1.91. The molecule has 186 valence electrons. The van der Waals surface area contributed by atoms with Gasteiger partial charge in [0.2, 0.25) is 5.91 Å². The van der Waals surface area contributed by atoms with E-state index in [0.29, 0.717) is 0 Å². The number of carbonyl (C=O) groups excluding carboxylic acids is 3. The van der Waals surface area contributed by atoms with E-state index in [1.165, 1.54) is 4.90 Å². The van der Waals surface area contributed by atoms with Gasteiger partial charge in [-0.25, -0.2) is 4.79 Å². The van der Waals surface area contributed by atoms with Crippen LogP contribution in [0.4, 0.5) is 4.79 Å². The van der Waals surface area contributed by atoms with Gasteiger partial charge in [-0.1, -0.05) is 48.5 Å². The van der Waals surface area contributed by atoms with E-state index in [1.807, 2.05) is 60.8 Å². The van der Waals surface area contributed by atoms with Crippen molar-refractivity contribution in [2.24, 2.45) is 0 Å². The molecule has 8 heteroatoms. The highest BCUT2D eigenvalue weighted by atomic mass is 16.6. The molecule has 3 aromatic rings. The highest BCUT2D eigenvalue weighted by Crippen LogP contribution is 2.20. The molecule has 2 N–H and O–H groups in total. The van der Waals surface area contributed by atoms with Crippen molar-refractivity contribution >= 4 is 28.9 Å². The van der Waals surface area contributed by atoms with Crippen LogP contribution >= 0.6 is 0 Å². The number of fused-ring (bicyclic) bond motifs is 1. The molecule has 3 rings (SSSR count). The molecule has 2 amide bonds. The van der Waals surface area contributed by atoms with Crippen molar-refractivity contribution in [2.75, 3.05) is 13.2 Å². The predicted octanol–water partition coefficient (Wildman–Crippen LogP) is 4.20. The average molecular weight is 480 g/mol. The van der Waals surface area contributed by atoms with Crippen LogP contribution in [0, 0.1) is 0 Å². The number of para-hydroxylation sites is 1. The number of H-pyrrole nitrogens is 1. The Kier molecular flexibility index (Phi) is 8.52. The van der Waals surface area contributed by atoms with Crippen molar-refractivity contribution in [3.63, 3.8) is 0 Å². The van der Waals surface area contributed by atoms with Crippen LogP contribution in [0.3, 0.4) is 0 Å². The van der Waals surface area contributed by atoms with Crippen LogP contribution in [0.2, 0.25) is 0 Å². The maximum atomic E-state index is 13.8. The van der Waals surface area contributed by atoms with Gasteiger partial charge in [0.05, 0.1) is 6.61 Å². The number of ether oxygens (including phenoxy) is 2. The molecule has 2 aromatic carbocycles. The minimum atomic E-state index is -0.956. The normalized spacial score (nSPS) is 12.1. The number of rotatable bonds is 9. The standard InChI is InChI=1S/C27H33N3O5/c1-5-34-24(31)18-30(17-19-11-7-6-8-12-19)25(32)23(29-26(33)35-27(2,3)4)15-20-16-28-22-14-10-9-13-21(20)22/h6-14,16,23,28H,5,15,17-18H2,1-4H3,(H,29,33)/t23-/m1/s1. The maximum Gasteiger partial charge on any atom is 0.408 e. The van der Waals surface area contributed by atoms with Crippen LogP contribution < -0.4 is 5.32 Å². The molecule has 0 unspecified atom stereocenters. The smallest absolute Gasteiger partial charge is 0.408 e. The van der Waals surface area contributed by atoms with Crippen molar-refractivity contribution in [3.8, 4) is 0 Å². The van der Waals surface area contributed by atoms with E-state index in [4.69, 9.17) is 9.47 Å². The number of aromatic nitrogens is 1. The van der Waals surface area contributed by atoms with E-state index in [2.05, 4.69) is 10.3 Å². The third-order valence-electron chi connectivity index (χ3n) is 5.24. The number of benzene rings is 2. The molecule has 0 saturated carbocycles. The fraction of sp³-hybridized carbons (Fsp3) is 0.370. The van der Waals surface area contributed by atoms with Gasteiger partial charge in [-0.05, 0) is 44.9 Å². The monoisotopic (exact) mass is 479 g/mol. The van der Waals surface area contributed by atoms with E-state index >= 15 is 0 Å². The quantitative estimate of drug-likeness (QED) is 0.448. The van der Waals surface area contributed by atoms with Gasteiger partial charge in [0.1, 0.15) is 18.2 Å². The fourth-order valence-electron chi connectivity index (χ4n) is 3.77. The number of nitrogens with zero attached hydrogens (tertiary/aromatic N) is 1. The minimum Gasteiger partial charge on any atom is -0.465 e. The van der Waals surface area contributed by atoms with E-state index in [-0.39, 0.29) is 26.1 Å². The lowest BCUT2D eigenvalue weighted by atomic mass is 10.0. The van der Waals surface area contributed by atoms with Gasteiger partial charge < -0.3 is 24.7 Å². The maximum absolute atomic E-state index is 13.8. The number of nitrogens with one attached hydrogen (secondary N) is 2. The largest absolute Gasteiger partial charge is 0.465 e. The number of aromatic amines is 1. The molecule has 35 heavy (non-hydrogen) atoms. The first kappa shape index (κ1) is 25.8. The first-order valence-electron chi connectivity index (χ1n) is 11.7. The Morgan fingerprint density at radius 2 is 1.71 bits per heavy atom. The molecule has 1 atom stereocenters. The van der Waals surface area contributed by atoms with Crippen molar-refractivity contribution < 1.29 is 23.9 Å². The van der Waals surface area contributed by atoms with Crippen LogP contribution in [-0.4, -0.2) is 52.6 Å². The molecule has 0 aliphatic heterocycles. The number of amides is 2. The molecule has 0 fully saturated rings. The van der Waals surface area contributed by atoms with E-state index in [0.717, 1.165) is 22.0 Å². The molecule has 1 aromatic heterocycles. The van der Waals surface area contributed by atoms with Gasteiger partial charge in [-0.3, -0.25) is 9.59 Å². The number of carbonyl (C=O) groups is 3. The number of hydrogen-bond acceptors (Lipinski definition) is 5. The first-order valence-corrected chi connectivity index (χ1v) is 11.7. The summed E-state index contributed by atoms with van der Waals surface area (Å²) in [6.07, 6.45) is 1.34. The Morgan fingerprint density at radius 3 is 2.40 bits per heavy atom. The summed E-state index contributed by atoms with van der Waals surface area (Å²) in [7, 11) is 0. The minimum absolute atomic E-state index is 0.193. The van der Waals surface area contributed by atoms with E-state index in [1.54, 1.807) is 27.7 Å². The summed E-state index contributed by atoms with van der Waals surface area (Å²) in [5.41, 5.74) is 1.92. The van der Waals surface area contributed by atoms with Gasteiger partial charge in [0.25, 0.3) is 0 Å². The van der Waals surface area contributed by atoms with Crippen molar-refractivity contribution in [2.45, 2.75) is 52.3 Å². The molecule has 0 aliphatic rings. The second-order valence-electron chi connectivity index (χ2n) is 9.25. The van der Waals surface area contributed by atoms with Crippen molar-refractivity contribution in [1.82, 2.24) is 15.2 Å². The van der Waals surface area contributed by atoms with Gasteiger partial charge in [0, 0.05) is 30.1 Å². The number of esters is 1. The first-order chi connectivity index (χ1) is 16.7. The molecule has 0 bridgehead atoms. The van der Waals surface area contributed by atoms with Crippen molar-refractivity contribution in [3.05, 3.63) is 71.9 Å². The summed E-state index contributed by atoms with van der Waals surface area (Å²) >= 11 is 0. The Labute approximate surface area is 205 Å². The fourth-order valence-corrected chi connectivity index (χ4v) is 3.77. The summed E-state index contributed by atoms with van der Waals surface area (Å²) in [5, 5.41) is 3.68. The lowest BCUT2D eigenvalue weighted by Gasteiger charge is -2.28. The zero-order chi connectivity index (χ0) is 25.4. The lowest BCUT2D eigenvalue weighted by molar-refractivity contribution is -0.150. The third kappa shape index (κ3) is 7.60. The molecular formula is C27H33N3O5. The van der Waals surface area contributed by atoms with Gasteiger partial charge in [0.15, 0.2) is 0 Å². The average Bonchev–Trinajstić information content (AvgIpc) is 3.20. The summed E-state index contributed by atoms with van der Waals surface area (Å²) in [4.78, 5) is 43.4. The highest BCUT2D eigenvalue weighted by molar-refractivity contribution is 5.90. The van der Waals surface area contributed by atoms with Gasteiger partial charge in [-0.2, -0.15) is 0 Å². The molecule has 8 nitrogen and oxygen atoms in total. The Morgan fingerprint density at radius 1 is 1.03 bits per heavy atom. The van der Waals surface area contributed by atoms with Crippen LogP contribution in [-0.2, 0) is 32.0 Å². The summed E-state index contributed by atoms with van der Waals surface area (Å²) in [6, 6.07) is 16.1. The van der Waals surface area contributed by atoms with E-state index < -0.39 is 29.6 Å². The molecule has 0 spiro atoms. The van der Waals surface area contributed by atoms with Crippen LogP contribution in [0.1, 0.15) is 38.8 Å². The molecule has 0 saturated heterocycles.